The first-order valence-electron chi connectivity index (χ1n) is 4.52. The lowest BCUT2D eigenvalue weighted by molar-refractivity contribution is 0.478. The summed E-state index contributed by atoms with van der Waals surface area (Å²) in [7, 11) is 0. The predicted molar refractivity (Wildman–Crippen MR) is 58.6 cm³/mol. The minimum atomic E-state index is 0.833. The largest absolute Gasteiger partial charge is 0.516 e. The van der Waals surface area contributed by atoms with Crippen molar-refractivity contribution >= 4 is 6.08 Å². The Hall–Kier alpha value is -1.24. The highest BCUT2D eigenvalue weighted by molar-refractivity contribution is 5.47. The van der Waals surface area contributed by atoms with Crippen molar-refractivity contribution in [2.24, 2.45) is 5.92 Å². The Morgan fingerprint density at radius 2 is 1.54 bits per heavy atom. The second-order valence-electron chi connectivity index (χ2n) is 3.46. The number of aliphatic hydroxyl groups excluding tert-OH is 1. The van der Waals surface area contributed by atoms with Crippen molar-refractivity contribution in [3.05, 3.63) is 42.2 Å². The zero-order valence-electron chi connectivity index (χ0n) is 8.57. The van der Waals surface area contributed by atoms with Crippen LogP contribution in [0.5, 0.6) is 0 Å². The first-order chi connectivity index (χ1) is 6.16. The van der Waals surface area contributed by atoms with Gasteiger partial charge >= 0.3 is 0 Å². The quantitative estimate of drug-likeness (QED) is 0.647. The molecule has 0 fully saturated rings. The van der Waals surface area contributed by atoms with Crippen molar-refractivity contribution in [3.63, 3.8) is 0 Å². The van der Waals surface area contributed by atoms with E-state index in [-0.39, 0.29) is 0 Å². The van der Waals surface area contributed by atoms with Gasteiger partial charge in [0, 0.05) is 0 Å². The minimum absolute atomic E-state index is 0.833. The van der Waals surface area contributed by atoms with Gasteiger partial charge in [-0.3, -0.25) is 0 Å². The van der Waals surface area contributed by atoms with Crippen LogP contribution >= 0.6 is 0 Å². The molecule has 0 aromatic heterocycles. The zero-order chi connectivity index (χ0) is 10.1. The van der Waals surface area contributed by atoms with Crippen LogP contribution in [0.2, 0.25) is 0 Å². The predicted octanol–water partition coefficient (Wildman–Crippen LogP) is 3.88. The average molecular weight is 178 g/mol. The summed E-state index contributed by atoms with van der Waals surface area (Å²) >= 11 is 0. The number of aliphatic hydroxyl groups is 1. The lowest BCUT2D eigenvalue weighted by Gasteiger charge is -1.86. The molecule has 0 unspecified atom stereocenters. The molecular weight excluding hydrogens is 160 g/mol. The van der Waals surface area contributed by atoms with E-state index in [1.165, 1.54) is 0 Å². The van der Waals surface area contributed by atoms with Crippen LogP contribution in [0.1, 0.15) is 26.3 Å². The fraction of sp³-hybridized carbons (Fsp3) is 0.333. The molecule has 0 aliphatic heterocycles. The van der Waals surface area contributed by atoms with Crippen molar-refractivity contribution < 1.29 is 5.11 Å². The van der Waals surface area contributed by atoms with Crippen LogP contribution in [0.3, 0.4) is 0 Å². The lowest BCUT2D eigenvalue weighted by atomic mass is 10.2. The summed E-state index contributed by atoms with van der Waals surface area (Å²) in [6.45, 7) is 6.50. The fourth-order valence-electron chi connectivity index (χ4n) is 0.650. The van der Waals surface area contributed by atoms with Crippen LogP contribution in [-0.2, 0) is 0 Å². The van der Waals surface area contributed by atoms with Gasteiger partial charge in [0.05, 0.1) is 6.26 Å². The molecule has 0 amide bonds. The summed E-state index contributed by atoms with van der Waals surface area (Å²) in [6.07, 6.45) is 2.68. The van der Waals surface area contributed by atoms with Crippen LogP contribution in [-0.4, -0.2) is 5.11 Å². The van der Waals surface area contributed by atoms with Gasteiger partial charge in [-0.2, -0.15) is 0 Å². The van der Waals surface area contributed by atoms with Gasteiger partial charge in [-0.05, 0) is 17.6 Å². The van der Waals surface area contributed by atoms with Crippen molar-refractivity contribution in [1.29, 1.82) is 0 Å². The molecule has 1 nitrogen and oxygen atoms in total. The Morgan fingerprint density at radius 3 is 1.92 bits per heavy atom. The van der Waals surface area contributed by atoms with E-state index in [4.69, 9.17) is 5.11 Å². The molecular formula is C12H18O. The smallest absolute Gasteiger partial charge is 0.0797 e. The third kappa shape index (κ3) is 8.67. The van der Waals surface area contributed by atoms with Gasteiger partial charge < -0.3 is 5.11 Å². The number of hydrogen-bond donors (Lipinski definition) is 1. The van der Waals surface area contributed by atoms with E-state index in [2.05, 4.69) is 20.8 Å². The van der Waals surface area contributed by atoms with E-state index in [0.717, 1.165) is 17.7 Å². The fourth-order valence-corrected chi connectivity index (χ4v) is 0.650. The highest BCUT2D eigenvalue weighted by Gasteiger charge is 1.78. The molecule has 0 saturated heterocycles. The number of benzene rings is 1. The van der Waals surface area contributed by atoms with Crippen molar-refractivity contribution in [2.45, 2.75) is 20.8 Å². The van der Waals surface area contributed by atoms with Crippen LogP contribution in [0.25, 0.3) is 6.08 Å². The molecule has 1 aromatic carbocycles. The van der Waals surface area contributed by atoms with Gasteiger partial charge in [0.25, 0.3) is 0 Å². The molecule has 13 heavy (non-hydrogen) atoms. The Labute approximate surface area is 80.7 Å². The Bertz CT molecular complexity index is 221. The lowest BCUT2D eigenvalue weighted by Crippen LogP contribution is -1.66. The van der Waals surface area contributed by atoms with Gasteiger partial charge in [-0.1, -0.05) is 51.1 Å². The van der Waals surface area contributed by atoms with Gasteiger partial charge in [-0.15, -0.1) is 0 Å². The third-order valence-corrected chi connectivity index (χ3v) is 1.07. The summed E-state index contributed by atoms with van der Waals surface area (Å²) in [6, 6.07) is 9.64. The SMILES string of the molecule is CC(C)C.OC=Cc1ccccc1. The molecule has 1 heteroatoms. The maximum absolute atomic E-state index is 8.34. The maximum Gasteiger partial charge on any atom is 0.0797 e. The van der Waals surface area contributed by atoms with Crippen molar-refractivity contribution in [2.75, 3.05) is 0 Å². The Balaban J connectivity index is 0.000000310. The second kappa shape index (κ2) is 7.41. The van der Waals surface area contributed by atoms with E-state index in [9.17, 15) is 0 Å². The van der Waals surface area contributed by atoms with Crippen molar-refractivity contribution in [3.8, 4) is 0 Å². The third-order valence-electron chi connectivity index (χ3n) is 1.07. The molecule has 0 aliphatic carbocycles. The molecule has 1 rings (SSSR count). The summed E-state index contributed by atoms with van der Waals surface area (Å²) in [5.74, 6) is 0.833. The molecule has 0 bridgehead atoms. The van der Waals surface area contributed by atoms with E-state index in [1.54, 1.807) is 6.08 Å². The van der Waals surface area contributed by atoms with E-state index >= 15 is 0 Å². The topological polar surface area (TPSA) is 20.2 Å². The van der Waals surface area contributed by atoms with Crippen LogP contribution in [0.15, 0.2) is 36.6 Å². The Morgan fingerprint density at radius 1 is 1.08 bits per heavy atom. The van der Waals surface area contributed by atoms with Gasteiger partial charge in [-0.25, -0.2) is 0 Å². The molecule has 0 atom stereocenters. The molecule has 1 N–H and O–H groups in total. The molecule has 72 valence electrons. The normalized spacial score (nSPS) is 9.85. The maximum atomic E-state index is 8.34. The van der Waals surface area contributed by atoms with Crippen LogP contribution in [0.4, 0.5) is 0 Å². The highest BCUT2D eigenvalue weighted by Crippen LogP contribution is 1.98. The molecule has 0 heterocycles. The molecule has 0 radical (unpaired) electrons. The standard InChI is InChI=1S/C8H8O.C4H10/c9-7-6-8-4-2-1-3-5-8;1-4(2)3/h1-7,9H;4H,1-3H3. The van der Waals surface area contributed by atoms with E-state index in [0.29, 0.717) is 0 Å². The van der Waals surface area contributed by atoms with Gasteiger partial charge in [0.2, 0.25) is 0 Å². The number of hydrogen-bond acceptors (Lipinski definition) is 1. The van der Waals surface area contributed by atoms with Crippen LogP contribution in [0, 0.1) is 5.92 Å². The summed E-state index contributed by atoms with van der Waals surface area (Å²) in [5.41, 5.74) is 1.01. The summed E-state index contributed by atoms with van der Waals surface area (Å²) in [5, 5.41) is 8.34. The van der Waals surface area contributed by atoms with Gasteiger partial charge in [0.1, 0.15) is 0 Å². The second-order valence-corrected chi connectivity index (χ2v) is 3.46. The molecule has 1 aromatic rings. The van der Waals surface area contributed by atoms with Crippen LogP contribution < -0.4 is 0 Å². The Kier molecular flexibility index (Phi) is 6.70. The minimum Gasteiger partial charge on any atom is -0.516 e. The first-order valence-corrected chi connectivity index (χ1v) is 4.52. The zero-order valence-corrected chi connectivity index (χ0v) is 8.57. The van der Waals surface area contributed by atoms with E-state index < -0.39 is 0 Å². The first kappa shape index (κ1) is 11.8. The molecule has 0 saturated carbocycles. The van der Waals surface area contributed by atoms with Gasteiger partial charge in [0.15, 0.2) is 0 Å². The molecule has 0 aliphatic rings. The van der Waals surface area contributed by atoms with E-state index in [1.807, 2.05) is 30.3 Å². The average Bonchev–Trinajstić information content (AvgIpc) is 2.06. The monoisotopic (exact) mass is 178 g/mol. The van der Waals surface area contributed by atoms with Crippen molar-refractivity contribution in [1.82, 2.24) is 0 Å². The summed E-state index contributed by atoms with van der Waals surface area (Å²) in [4.78, 5) is 0. The highest BCUT2D eigenvalue weighted by atomic mass is 16.2. The summed E-state index contributed by atoms with van der Waals surface area (Å²) < 4.78 is 0. The number of rotatable bonds is 1. The molecule has 0 spiro atoms.